The molecule has 0 bridgehead atoms. The van der Waals surface area contributed by atoms with Crippen molar-refractivity contribution in [3.8, 4) is 5.75 Å². The Morgan fingerprint density at radius 3 is 2.12 bits per heavy atom. The molecule has 0 fully saturated rings. The van der Waals surface area contributed by atoms with Crippen LogP contribution in [-0.2, 0) is 26.2 Å². The van der Waals surface area contributed by atoms with Crippen LogP contribution in [-0.4, -0.2) is 50.4 Å². The lowest BCUT2D eigenvalue weighted by atomic mass is 10.1. The zero-order valence-electron chi connectivity index (χ0n) is 23.7. The molecule has 0 saturated carbocycles. The summed E-state index contributed by atoms with van der Waals surface area (Å²) in [5, 5.41) is 3.59. The van der Waals surface area contributed by atoms with E-state index in [1.54, 1.807) is 67.6 Å². The minimum Gasteiger partial charge on any atom is -0.497 e. The molecule has 1 atom stereocenters. The fraction of sp³-hybridized carbons (Fsp3) is 0.333. The van der Waals surface area contributed by atoms with Crippen molar-refractivity contribution in [2.24, 2.45) is 0 Å². The number of amides is 2. The Bertz CT molecular complexity index is 1460. The number of anilines is 1. The molecule has 2 amide bonds. The molecule has 220 valence electrons. The van der Waals surface area contributed by atoms with Crippen molar-refractivity contribution >= 4 is 50.7 Å². The number of halogens is 2. The van der Waals surface area contributed by atoms with Crippen molar-refractivity contribution in [3.63, 3.8) is 0 Å². The third kappa shape index (κ3) is 8.38. The molecule has 3 aromatic rings. The van der Waals surface area contributed by atoms with Gasteiger partial charge in [-0.3, -0.25) is 13.9 Å². The summed E-state index contributed by atoms with van der Waals surface area (Å²) in [5.41, 5.74) is 0.357. The summed E-state index contributed by atoms with van der Waals surface area (Å²) in [6.45, 7) is 6.80. The average Bonchev–Trinajstić information content (AvgIpc) is 2.93. The Kier molecular flexibility index (Phi) is 10.7. The van der Waals surface area contributed by atoms with Crippen LogP contribution in [0.1, 0.15) is 39.7 Å². The molecule has 0 aliphatic rings. The van der Waals surface area contributed by atoms with Crippen molar-refractivity contribution in [1.82, 2.24) is 10.2 Å². The molecular formula is C30H35Cl2N3O5S. The Hall–Kier alpha value is -3.27. The van der Waals surface area contributed by atoms with E-state index in [-0.39, 0.29) is 23.0 Å². The van der Waals surface area contributed by atoms with Gasteiger partial charge in [-0.2, -0.15) is 0 Å². The number of hydrogen-bond donors (Lipinski definition) is 1. The number of nitrogens with one attached hydrogen (secondary N) is 1. The molecule has 0 radical (unpaired) electrons. The van der Waals surface area contributed by atoms with Crippen LogP contribution in [0.2, 0.25) is 10.0 Å². The lowest BCUT2D eigenvalue weighted by Crippen LogP contribution is -2.55. The molecule has 11 heteroatoms. The van der Waals surface area contributed by atoms with Crippen molar-refractivity contribution in [1.29, 1.82) is 0 Å². The summed E-state index contributed by atoms with van der Waals surface area (Å²) in [5.74, 6) is -0.388. The van der Waals surface area contributed by atoms with Crippen LogP contribution < -0.4 is 14.4 Å². The van der Waals surface area contributed by atoms with Gasteiger partial charge in [-0.1, -0.05) is 54.4 Å². The number of carbonyl (C=O) groups excluding carboxylic acids is 2. The summed E-state index contributed by atoms with van der Waals surface area (Å²) in [7, 11) is -2.66. The van der Waals surface area contributed by atoms with E-state index in [0.29, 0.717) is 27.8 Å². The Morgan fingerprint density at radius 1 is 0.951 bits per heavy atom. The van der Waals surface area contributed by atoms with Gasteiger partial charge in [-0.15, -0.1) is 0 Å². The fourth-order valence-electron chi connectivity index (χ4n) is 4.20. The molecule has 41 heavy (non-hydrogen) atoms. The molecule has 3 aromatic carbocycles. The first-order valence-corrected chi connectivity index (χ1v) is 15.2. The summed E-state index contributed by atoms with van der Waals surface area (Å²) in [6, 6.07) is 18.3. The number of benzene rings is 3. The van der Waals surface area contributed by atoms with Crippen LogP contribution >= 0.6 is 23.2 Å². The number of methoxy groups -OCH3 is 1. The SMILES string of the molecule is CCC(C(=O)NC(C)(C)C)N(Cc1ccc(Cl)c(Cl)c1)C(=O)CN(c1ccc(OC)cc1)S(=O)(=O)c1ccccc1. The zero-order chi connectivity index (χ0) is 30.4. The third-order valence-corrected chi connectivity index (χ3v) is 8.72. The van der Waals surface area contributed by atoms with Crippen LogP contribution in [0.25, 0.3) is 0 Å². The fourth-order valence-corrected chi connectivity index (χ4v) is 5.96. The second kappa shape index (κ2) is 13.6. The van der Waals surface area contributed by atoms with Gasteiger partial charge in [0.15, 0.2) is 0 Å². The number of hydrogen-bond acceptors (Lipinski definition) is 5. The molecule has 0 aliphatic carbocycles. The van der Waals surface area contributed by atoms with Crippen LogP contribution in [0.15, 0.2) is 77.7 Å². The molecule has 3 rings (SSSR count). The van der Waals surface area contributed by atoms with Gasteiger partial charge in [0.25, 0.3) is 10.0 Å². The molecule has 1 N–H and O–H groups in total. The smallest absolute Gasteiger partial charge is 0.264 e. The number of rotatable bonds is 11. The minimum absolute atomic E-state index is 0.00757. The van der Waals surface area contributed by atoms with Gasteiger partial charge >= 0.3 is 0 Å². The lowest BCUT2D eigenvalue weighted by Gasteiger charge is -2.34. The van der Waals surface area contributed by atoms with E-state index in [0.717, 1.165) is 4.31 Å². The van der Waals surface area contributed by atoms with Crippen molar-refractivity contribution in [2.45, 2.75) is 57.1 Å². The van der Waals surface area contributed by atoms with E-state index in [1.165, 1.54) is 24.1 Å². The van der Waals surface area contributed by atoms with E-state index in [2.05, 4.69) is 5.32 Å². The first-order chi connectivity index (χ1) is 19.3. The predicted molar refractivity (Wildman–Crippen MR) is 163 cm³/mol. The predicted octanol–water partition coefficient (Wildman–Crippen LogP) is 5.92. The van der Waals surface area contributed by atoms with Crippen molar-refractivity contribution in [3.05, 3.63) is 88.4 Å². The van der Waals surface area contributed by atoms with Crippen molar-refractivity contribution in [2.75, 3.05) is 18.0 Å². The maximum atomic E-state index is 14.1. The van der Waals surface area contributed by atoms with Crippen LogP contribution in [0.4, 0.5) is 5.69 Å². The molecule has 0 saturated heterocycles. The van der Waals surface area contributed by atoms with Crippen LogP contribution in [0, 0.1) is 0 Å². The second-order valence-electron chi connectivity index (χ2n) is 10.5. The maximum Gasteiger partial charge on any atom is 0.264 e. The Labute approximate surface area is 252 Å². The van der Waals surface area contributed by atoms with Gasteiger partial charge < -0.3 is 15.0 Å². The largest absolute Gasteiger partial charge is 0.497 e. The quantitative estimate of drug-likeness (QED) is 0.287. The van der Waals surface area contributed by atoms with Gasteiger partial charge in [0.1, 0.15) is 18.3 Å². The standard InChI is InChI=1S/C30H35Cl2N3O5S/c1-6-27(29(37)33-30(2,3)4)34(19-21-12-17-25(31)26(32)18-21)28(36)20-35(22-13-15-23(40-5)16-14-22)41(38,39)24-10-8-7-9-11-24/h7-18,27H,6,19-20H2,1-5H3,(H,33,37). The van der Waals surface area contributed by atoms with Gasteiger partial charge in [0.05, 0.1) is 27.7 Å². The van der Waals surface area contributed by atoms with E-state index < -0.39 is 34.1 Å². The average molecular weight is 621 g/mol. The van der Waals surface area contributed by atoms with Crippen molar-refractivity contribution < 1.29 is 22.7 Å². The first-order valence-electron chi connectivity index (χ1n) is 13.0. The van der Waals surface area contributed by atoms with E-state index >= 15 is 0 Å². The van der Waals surface area contributed by atoms with E-state index in [4.69, 9.17) is 27.9 Å². The molecular weight excluding hydrogens is 585 g/mol. The molecule has 0 heterocycles. The Balaban J connectivity index is 2.08. The normalized spacial score (nSPS) is 12.4. The first kappa shape index (κ1) is 32.2. The number of carbonyl (C=O) groups is 2. The maximum absolute atomic E-state index is 14.1. The highest BCUT2D eigenvalue weighted by Gasteiger charge is 2.34. The molecule has 0 aromatic heterocycles. The molecule has 0 aliphatic heterocycles. The van der Waals surface area contributed by atoms with Crippen LogP contribution in [0.3, 0.4) is 0 Å². The highest BCUT2D eigenvalue weighted by Crippen LogP contribution is 2.28. The zero-order valence-corrected chi connectivity index (χ0v) is 26.1. The monoisotopic (exact) mass is 619 g/mol. The summed E-state index contributed by atoms with van der Waals surface area (Å²) >= 11 is 12.3. The highest BCUT2D eigenvalue weighted by atomic mass is 35.5. The summed E-state index contributed by atoms with van der Waals surface area (Å²) in [6.07, 6.45) is 0.295. The van der Waals surface area contributed by atoms with E-state index in [1.807, 2.05) is 20.8 Å². The lowest BCUT2D eigenvalue weighted by molar-refractivity contribution is -0.141. The minimum atomic E-state index is -4.16. The number of sulfonamides is 1. The molecule has 8 nitrogen and oxygen atoms in total. The van der Waals surface area contributed by atoms with Gasteiger partial charge in [0.2, 0.25) is 11.8 Å². The summed E-state index contributed by atoms with van der Waals surface area (Å²) < 4.78 is 34.0. The highest BCUT2D eigenvalue weighted by molar-refractivity contribution is 7.92. The van der Waals surface area contributed by atoms with Gasteiger partial charge in [0, 0.05) is 12.1 Å². The molecule has 1 unspecified atom stereocenters. The summed E-state index contributed by atoms with van der Waals surface area (Å²) in [4.78, 5) is 28.9. The molecule has 0 spiro atoms. The third-order valence-electron chi connectivity index (χ3n) is 6.19. The van der Waals surface area contributed by atoms with Gasteiger partial charge in [-0.25, -0.2) is 8.42 Å². The van der Waals surface area contributed by atoms with E-state index in [9.17, 15) is 18.0 Å². The van der Waals surface area contributed by atoms with Gasteiger partial charge in [-0.05, 0) is 81.3 Å². The number of ether oxygens (including phenoxy) is 1. The number of nitrogens with zero attached hydrogens (tertiary/aromatic N) is 2. The van der Waals surface area contributed by atoms with Crippen LogP contribution in [0.5, 0.6) is 5.75 Å². The second-order valence-corrected chi connectivity index (χ2v) is 13.1. The Morgan fingerprint density at radius 2 is 1.59 bits per heavy atom. The topological polar surface area (TPSA) is 96.0 Å².